The molecule has 6 heteroatoms. The Kier molecular flexibility index (Phi) is 3.03. The van der Waals surface area contributed by atoms with Crippen molar-refractivity contribution >= 4 is 23.3 Å². The smallest absolute Gasteiger partial charge is 0.177 e. The third-order valence-corrected chi connectivity index (χ3v) is 3.86. The van der Waals surface area contributed by atoms with Gasteiger partial charge in [0.25, 0.3) is 0 Å². The van der Waals surface area contributed by atoms with Gasteiger partial charge in [0.2, 0.25) is 0 Å². The van der Waals surface area contributed by atoms with E-state index in [1.807, 2.05) is 17.8 Å². The van der Waals surface area contributed by atoms with Crippen molar-refractivity contribution in [2.45, 2.75) is 35.7 Å². The third kappa shape index (κ3) is 2.44. The summed E-state index contributed by atoms with van der Waals surface area (Å²) in [6, 6.07) is 0. The molecule has 0 amide bonds. The van der Waals surface area contributed by atoms with Crippen LogP contribution in [0.15, 0.2) is 21.9 Å². The molecule has 2 aromatic rings. The maximum atomic E-state index is 4.51. The first kappa shape index (κ1) is 11.6. The second kappa shape index (κ2) is 4.18. The fraction of sp³-hybridized carbons (Fsp3) is 0.500. The Hall–Kier alpha value is -0.880. The monoisotopic (exact) mass is 254 g/mol. The van der Waals surface area contributed by atoms with E-state index >= 15 is 0 Å². The molecule has 0 atom stereocenters. The molecular weight excluding hydrogens is 240 g/mol. The Labute approximate surface area is 103 Å². The van der Waals surface area contributed by atoms with Crippen molar-refractivity contribution in [3.8, 4) is 0 Å². The molecule has 0 bridgehead atoms. The predicted molar refractivity (Wildman–Crippen MR) is 65.9 cm³/mol. The van der Waals surface area contributed by atoms with Crippen LogP contribution >= 0.6 is 23.3 Å². The van der Waals surface area contributed by atoms with Gasteiger partial charge in [0.15, 0.2) is 9.50 Å². The molecule has 86 valence electrons. The van der Waals surface area contributed by atoms with Crippen LogP contribution in [0.1, 0.15) is 26.6 Å². The van der Waals surface area contributed by atoms with Gasteiger partial charge < -0.3 is 4.57 Å². The zero-order valence-electron chi connectivity index (χ0n) is 9.76. The minimum atomic E-state index is 0.0109. The topological polar surface area (TPSA) is 43.6 Å². The lowest BCUT2D eigenvalue weighted by Crippen LogP contribution is -2.12. The molecule has 0 saturated carbocycles. The third-order valence-electron chi connectivity index (χ3n) is 2.03. The second-order valence-electron chi connectivity index (χ2n) is 4.56. The number of hydrogen-bond acceptors (Lipinski definition) is 5. The molecule has 0 fully saturated rings. The van der Waals surface area contributed by atoms with Gasteiger partial charge in [-0.25, -0.2) is 9.97 Å². The first-order chi connectivity index (χ1) is 7.47. The normalized spacial score (nSPS) is 12.0. The van der Waals surface area contributed by atoms with Gasteiger partial charge in [-0.1, -0.05) is 20.8 Å². The van der Waals surface area contributed by atoms with Crippen LogP contribution in [0.5, 0.6) is 0 Å². The lowest BCUT2D eigenvalue weighted by molar-refractivity contribution is 0.551. The van der Waals surface area contributed by atoms with E-state index in [0.717, 1.165) is 15.3 Å². The van der Waals surface area contributed by atoms with Crippen LogP contribution in [-0.2, 0) is 12.5 Å². The maximum absolute atomic E-state index is 4.51. The van der Waals surface area contributed by atoms with E-state index in [1.54, 1.807) is 18.0 Å². The van der Waals surface area contributed by atoms with Gasteiger partial charge >= 0.3 is 0 Å². The summed E-state index contributed by atoms with van der Waals surface area (Å²) in [4.78, 5) is 8.76. The SMILES string of the molecule is Cn1ccnc1Sc1nc(C(C)(C)C)ns1. The molecule has 16 heavy (non-hydrogen) atoms. The van der Waals surface area contributed by atoms with Gasteiger partial charge in [-0.2, -0.15) is 4.37 Å². The molecule has 2 rings (SSSR count). The highest BCUT2D eigenvalue weighted by Crippen LogP contribution is 2.30. The Balaban J connectivity index is 2.18. The Morgan fingerprint density at radius 2 is 2.12 bits per heavy atom. The van der Waals surface area contributed by atoms with Gasteiger partial charge in [0.05, 0.1) is 0 Å². The number of hydrogen-bond donors (Lipinski definition) is 0. The average molecular weight is 254 g/mol. The molecule has 0 aromatic carbocycles. The zero-order chi connectivity index (χ0) is 11.8. The first-order valence-electron chi connectivity index (χ1n) is 4.96. The Bertz CT molecular complexity index is 481. The fourth-order valence-electron chi connectivity index (χ4n) is 1.08. The Morgan fingerprint density at radius 3 is 2.62 bits per heavy atom. The van der Waals surface area contributed by atoms with Crippen LogP contribution in [0.3, 0.4) is 0 Å². The van der Waals surface area contributed by atoms with E-state index in [4.69, 9.17) is 0 Å². The number of imidazole rings is 1. The summed E-state index contributed by atoms with van der Waals surface area (Å²) >= 11 is 2.99. The van der Waals surface area contributed by atoms with Crippen LogP contribution in [0.25, 0.3) is 0 Å². The fourth-order valence-corrected chi connectivity index (χ4v) is 2.78. The van der Waals surface area contributed by atoms with E-state index in [2.05, 4.69) is 35.1 Å². The molecule has 0 aliphatic rings. The highest BCUT2D eigenvalue weighted by atomic mass is 32.2. The number of nitrogens with zero attached hydrogens (tertiary/aromatic N) is 4. The van der Waals surface area contributed by atoms with E-state index in [1.165, 1.54) is 11.5 Å². The summed E-state index contributed by atoms with van der Waals surface area (Å²) in [7, 11) is 1.97. The summed E-state index contributed by atoms with van der Waals surface area (Å²) in [5, 5.41) is 0.941. The van der Waals surface area contributed by atoms with Crippen LogP contribution in [-0.4, -0.2) is 18.9 Å². The standard InChI is InChI=1S/C10H14N4S2/c1-10(2,3)7-12-9(16-13-7)15-8-11-5-6-14(8)4/h5-6H,1-4H3. The second-order valence-corrected chi connectivity index (χ2v) is 6.52. The molecule has 0 aliphatic heterocycles. The van der Waals surface area contributed by atoms with E-state index < -0.39 is 0 Å². The molecular formula is C10H14N4S2. The molecule has 0 unspecified atom stereocenters. The molecule has 0 radical (unpaired) electrons. The van der Waals surface area contributed by atoms with Gasteiger partial charge in [-0.15, -0.1) is 0 Å². The van der Waals surface area contributed by atoms with Crippen LogP contribution in [0.4, 0.5) is 0 Å². The summed E-state index contributed by atoms with van der Waals surface area (Å²) < 4.78 is 7.29. The van der Waals surface area contributed by atoms with Crippen molar-refractivity contribution in [1.82, 2.24) is 18.9 Å². The predicted octanol–water partition coefficient (Wildman–Crippen LogP) is 2.72. The number of aryl methyl sites for hydroxylation is 1. The molecule has 2 aromatic heterocycles. The lowest BCUT2D eigenvalue weighted by Gasteiger charge is -2.11. The minimum Gasteiger partial charge on any atom is -0.329 e. The first-order valence-corrected chi connectivity index (χ1v) is 6.55. The zero-order valence-corrected chi connectivity index (χ0v) is 11.4. The summed E-state index contributed by atoms with van der Waals surface area (Å²) in [5.74, 6) is 0.897. The van der Waals surface area contributed by atoms with Crippen molar-refractivity contribution in [1.29, 1.82) is 0 Å². The van der Waals surface area contributed by atoms with Crippen molar-refractivity contribution in [2.75, 3.05) is 0 Å². The minimum absolute atomic E-state index is 0.0109. The van der Waals surface area contributed by atoms with E-state index in [9.17, 15) is 0 Å². The highest BCUT2D eigenvalue weighted by molar-refractivity contribution is 8.00. The van der Waals surface area contributed by atoms with Crippen LogP contribution in [0, 0.1) is 0 Å². The largest absolute Gasteiger partial charge is 0.329 e. The van der Waals surface area contributed by atoms with Gasteiger partial charge in [-0.05, 0) is 23.3 Å². The van der Waals surface area contributed by atoms with E-state index in [-0.39, 0.29) is 5.41 Å². The summed E-state index contributed by atoms with van der Waals surface area (Å²) in [6.07, 6.45) is 3.71. The molecule has 0 spiro atoms. The molecule has 2 heterocycles. The van der Waals surface area contributed by atoms with Crippen LogP contribution < -0.4 is 0 Å². The highest BCUT2D eigenvalue weighted by Gasteiger charge is 2.20. The molecule has 0 saturated heterocycles. The molecule has 0 N–H and O–H groups in total. The van der Waals surface area contributed by atoms with E-state index in [0.29, 0.717) is 0 Å². The van der Waals surface area contributed by atoms with Crippen molar-refractivity contribution < 1.29 is 0 Å². The van der Waals surface area contributed by atoms with Crippen molar-refractivity contribution in [3.63, 3.8) is 0 Å². The van der Waals surface area contributed by atoms with Gasteiger partial charge in [-0.3, -0.25) is 0 Å². The van der Waals surface area contributed by atoms with Crippen molar-refractivity contribution in [3.05, 3.63) is 18.2 Å². The van der Waals surface area contributed by atoms with Crippen molar-refractivity contribution in [2.24, 2.45) is 7.05 Å². The maximum Gasteiger partial charge on any atom is 0.177 e. The molecule has 0 aliphatic carbocycles. The average Bonchev–Trinajstić information content (AvgIpc) is 2.76. The van der Waals surface area contributed by atoms with Gasteiger partial charge in [0.1, 0.15) is 5.82 Å². The molecule has 4 nitrogen and oxygen atoms in total. The van der Waals surface area contributed by atoms with Gasteiger partial charge in [0, 0.05) is 24.9 Å². The summed E-state index contributed by atoms with van der Waals surface area (Å²) in [5.41, 5.74) is 0.0109. The quantitative estimate of drug-likeness (QED) is 0.826. The Morgan fingerprint density at radius 1 is 1.38 bits per heavy atom. The number of rotatable bonds is 2. The summed E-state index contributed by atoms with van der Waals surface area (Å²) in [6.45, 7) is 6.35. The number of aromatic nitrogens is 4. The lowest BCUT2D eigenvalue weighted by atomic mass is 9.96. The van der Waals surface area contributed by atoms with Crippen LogP contribution in [0.2, 0.25) is 0 Å².